The van der Waals surface area contributed by atoms with E-state index in [0.717, 1.165) is 0 Å². The summed E-state index contributed by atoms with van der Waals surface area (Å²) < 4.78 is 23.3. The quantitative estimate of drug-likeness (QED) is 0.767. The highest BCUT2D eigenvalue weighted by atomic mass is 35.5. The molecule has 0 aromatic heterocycles. The summed E-state index contributed by atoms with van der Waals surface area (Å²) in [6.45, 7) is -0.162. The van der Waals surface area contributed by atoms with Crippen LogP contribution in [-0.2, 0) is 18.9 Å². The van der Waals surface area contributed by atoms with Gasteiger partial charge in [0.15, 0.2) is 12.6 Å². The SMILES string of the molecule is O[C@@H]1COC(c2ccccc2Cl)OC[C@H](O)[C@H]2OC(c3ccccc3Cl)O[C@@H]21. The monoisotopic (exact) mass is 426 g/mol. The zero-order valence-electron chi connectivity index (χ0n) is 14.8. The number of ether oxygens (including phenoxy) is 4. The lowest BCUT2D eigenvalue weighted by atomic mass is 10.0. The van der Waals surface area contributed by atoms with Crippen molar-refractivity contribution in [2.24, 2.45) is 0 Å². The normalized spacial score (nSPS) is 33.6. The Morgan fingerprint density at radius 2 is 1.11 bits per heavy atom. The number of halogens is 2. The van der Waals surface area contributed by atoms with Crippen LogP contribution < -0.4 is 0 Å². The molecule has 0 bridgehead atoms. The summed E-state index contributed by atoms with van der Waals surface area (Å²) in [5, 5.41) is 22.2. The Morgan fingerprint density at radius 3 is 1.57 bits per heavy atom. The van der Waals surface area contributed by atoms with Crippen LogP contribution in [0.3, 0.4) is 0 Å². The lowest BCUT2D eigenvalue weighted by molar-refractivity contribution is -0.183. The number of fused-ring (bicyclic) bond motifs is 1. The summed E-state index contributed by atoms with van der Waals surface area (Å²) in [5.74, 6) is 0. The number of aliphatic hydroxyl groups excluding tert-OH is 2. The molecule has 0 saturated carbocycles. The Morgan fingerprint density at radius 1 is 0.679 bits per heavy atom. The van der Waals surface area contributed by atoms with Crippen LogP contribution >= 0.6 is 23.2 Å². The molecule has 6 atom stereocenters. The fraction of sp³-hybridized carbons (Fsp3) is 0.400. The van der Waals surface area contributed by atoms with Crippen LogP contribution in [0.15, 0.2) is 48.5 Å². The van der Waals surface area contributed by atoms with Gasteiger partial charge in [0.1, 0.15) is 24.4 Å². The second kappa shape index (κ2) is 8.65. The maximum absolute atomic E-state index is 10.6. The van der Waals surface area contributed by atoms with Gasteiger partial charge in [-0.1, -0.05) is 59.6 Å². The third-order valence-electron chi connectivity index (χ3n) is 4.80. The molecule has 2 N–H and O–H groups in total. The summed E-state index contributed by atoms with van der Waals surface area (Å²) in [5.41, 5.74) is 1.25. The van der Waals surface area contributed by atoms with E-state index in [-0.39, 0.29) is 13.2 Å². The first-order valence-electron chi connectivity index (χ1n) is 8.93. The van der Waals surface area contributed by atoms with Gasteiger partial charge in [0, 0.05) is 21.2 Å². The van der Waals surface area contributed by atoms with Crippen LogP contribution in [-0.4, -0.2) is 47.8 Å². The van der Waals surface area contributed by atoms with Crippen molar-refractivity contribution in [3.8, 4) is 0 Å². The molecular formula is C20H20Cl2O6. The smallest absolute Gasteiger partial charge is 0.186 e. The Hall–Kier alpha value is -1.22. The maximum Gasteiger partial charge on any atom is 0.186 e. The van der Waals surface area contributed by atoms with Crippen molar-refractivity contribution in [2.75, 3.05) is 13.2 Å². The van der Waals surface area contributed by atoms with Crippen molar-refractivity contribution < 1.29 is 29.2 Å². The number of hydrogen-bond acceptors (Lipinski definition) is 6. The summed E-state index contributed by atoms with van der Waals surface area (Å²) >= 11 is 12.4. The molecule has 2 unspecified atom stereocenters. The van der Waals surface area contributed by atoms with E-state index in [9.17, 15) is 10.2 Å². The fourth-order valence-corrected chi connectivity index (χ4v) is 3.81. The van der Waals surface area contributed by atoms with Crippen molar-refractivity contribution in [2.45, 2.75) is 37.0 Å². The molecule has 6 nitrogen and oxygen atoms in total. The van der Waals surface area contributed by atoms with Gasteiger partial charge in [0.25, 0.3) is 0 Å². The maximum atomic E-state index is 10.6. The van der Waals surface area contributed by atoms with E-state index in [1.54, 1.807) is 36.4 Å². The second-order valence-corrected chi connectivity index (χ2v) is 7.52. The molecule has 4 rings (SSSR count). The van der Waals surface area contributed by atoms with E-state index >= 15 is 0 Å². The van der Waals surface area contributed by atoms with Gasteiger partial charge < -0.3 is 29.2 Å². The first-order valence-corrected chi connectivity index (χ1v) is 9.69. The number of benzene rings is 2. The van der Waals surface area contributed by atoms with Crippen LogP contribution in [0.5, 0.6) is 0 Å². The Labute approximate surface area is 172 Å². The molecule has 150 valence electrons. The Balaban J connectivity index is 1.53. The number of hydrogen-bond donors (Lipinski definition) is 2. The molecule has 2 fully saturated rings. The lowest BCUT2D eigenvalue weighted by Crippen LogP contribution is -2.44. The first kappa shape index (κ1) is 20.1. The molecule has 8 heteroatoms. The molecule has 2 aliphatic rings. The molecule has 0 radical (unpaired) electrons. The lowest BCUT2D eigenvalue weighted by Gasteiger charge is -2.23. The van der Waals surface area contributed by atoms with Crippen molar-refractivity contribution in [1.82, 2.24) is 0 Å². The van der Waals surface area contributed by atoms with Gasteiger partial charge >= 0.3 is 0 Å². The van der Waals surface area contributed by atoms with Gasteiger partial charge in [0.05, 0.1) is 13.2 Å². The summed E-state index contributed by atoms with van der Waals surface area (Å²) in [7, 11) is 0. The average Bonchev–Trinajstić information content (AvgIpc) is 3.15. The highest BCUT2D eigenvalue weighted by Gasteiger charge is 2.46. The molecule has 2 heterocycles. The largest absolute Gasteiger partial charge is 0.388 e. The zero-order chi connectivity index (χ0) is 19.7. The highest BCUT2D eigenvalue weighted by Crippen LogP contribution is 2.38. The number of rotatable bonds is 2. The molecule has 0 spiro atoms. The third-order valence-corrected chi connectivity index (χ3v) is 5.49. The topological polar surface area (TPSA) is 77.4 Å². The molecule has 2 aliphatic heterocycles. The van der Waals surface area contributed by atoms with Crippen molar-refractivity contribution >= 4 is 23.2 Å². The fourth-order valence-electron chi connectivity index (χ4n) is 3.36. The van der Waals surface area contributed by atoms with Crippen LogP contribution in [0.1, 0.15) is 23.7 Å². The van der Waals surface area contributed by atoms with Gasteiger partial charge in [-0.05, 0) is 12.1 Å². The molecule has 2 aromatic rings. The third kappa shape index (κ3) is 4.06. The summed E-state index contributed by atoms with van der Waals surface area (Å²) in [4.78, 5) is 0. The molecular weight excluding hydrogens is 407 g/mol. The van der Waals surface area contributed by atoms with E-state index in [2.05, 4.69) is 0 Å². The highest BCUT2D eigenvalue weighted by molar-refractivity contribution is 6.31. The minimum absolute atomic E-state index is 0.0810. The Bertz CT molecular complexity index is 753. The van der Waals surface area contributed by atoms with E-state index in [1.165, 1.54) is 0 Å². The summed E-state index contributed by atoms with van der Waals surface area (Å²) in [6, 6.07) is 14.2. The van der Waals surface area contributed by atoms with Crippen LogP contribution in [0.2, 0.25) is 10.0 Å². The van der Waals surface area contributed by atoms with Crippen molar-refractivity contribution in [3.05, 3.63) is 69.7 Å². The van der Waals surface area contributed by atoms with Crippen LogP contribution in [0.4, 0.5) is 0 Å². The summed E-state index contributed by atoms with van der Waals surface area (Å²) in [6.07, 6.45) is -5.31. The second-order valence-electron chi connectivity index (χ2n) is 6.71. The zero-order valence-corrected chi connectivity index (χ0v) is 16.3. The minimum atomic E-state index is -1.04. The molecule has 2 aromatic carbocycles. The van der Waals surface area contributed by atoms with E-state index in [0.29, 0.717) is 21.2 Å². The van der Waals surface area contributed by atoms with Crippen LogP contribution in [0, 0.1) is 0 Å². The molecule has 0 amide bonds. The van der Waals surface area contributed by atoms with Gasteiger partial charge in [-0.2, -0.15) is 0 Å². The standard InChI is InChI=1S/C20H20Cl2O6/c21-13-7-3-1-5-11(13)19-25-9-15(23)17-18(16(24)10-26-19)28-20(27-17)12-6-2-4-8-14(12)22/h1-8,15-20,23-24H,9-10H2/t15-,16+,17-,18-,19?,20?/m1/s1. The number of aliphatic hydroxyl groups is 2. The van der Waals surface area contributed by atoms with E-state index in [1.807, 2.05) is 12.1 Å². The van der Waals surface area contributed by atoms with Crippen LogP contribution in [0.25, 0.3) is 0 Å². The predicted molar refractivity (Wildman–Crippen MR) is 102 cm³/mol. The molecule has 28 heavy (non-hydrogen) atoms. The van der Waals surface area contributed by atoms with E-state index < -0.39 is 37.0 Å². The van der Waals surface area contributed by atoms with Gasteiger partial charge in [-0.25, -0.2) is 0 Å². The van der Waals surface area contributed by atoms with Gasteiger partial charge in [-0.3, -0.25) is 0 Å². The first-order chi connectivity index (χ1) is 13.5. The average molecular weight is 427 g/mol. The van der Waals surface area contributed by atoms with Crippen molar-refractivity contribution in [1.29, 1.82) is 0 Å². The van der Waals surface area contributed by atoms with Gasteiger partial charge in [-0.15, -0.1) is 0 Å². The minimum Gasteiger partial charge on any atom is -0.388 e. The molecule has 0 aliphatic carbocycles. The van der Waals surface area contributed by atoms with Crippen molar-refractivity contribution in [3.63, 3.8) is 0 Å². The van der Waals surface area contributed by atoms with Gasteiger partial charge in [0.2, 0.25) is 0 Å². The molecule has 2 saturated heterocycles. The van der Waals surface area contributed by atoms with E-state index in [4.69, 9.17) is 42.1 Å². The predicted octanol–water partition coefficient (Wildman–Crippen LogP) is 3.24. The Kier molecular flexibility index (Phi) is 6.20.